The SMILES string of the molecule is O=C(CCC1CCCCN1)N1CCC(N2CCCCC2)C1. The summed E-state index contributed by atoms with van der Waals surface area (Å²) in [5.74, 6) is 0.391. The van der Waals surface area contributed by atoms with Crippen LogP contribution in [0.3, 0.4) is 0 Å². The molecule has 3 fully saturated rings. The fourth-order valence-electron chi connectivity index (χ4n) is 4.18. The Morgan fingerprint density at radius 1 is 1.00 bits per heavy atom. The molecule has 3 saturated heterocycles. The Morgan fingerprint density at radius 3 is 2.62 bits per heavy atom. The topological polar surface area (TPSA) is 35.6 Å². The van der Waals surface area contributed by atoms with Gasteiger partial charge in [0.2, 0.25) is 5.91 Å². The second kappa shape index (κ2) is 7.59. The summed E-state index contributed by atoms with van der Waals surface area (Å²) >= 11 is 0. The van der Waals surface area contributed by atoms with E-state index in [-0.39, 0.29) is 0 Å². The summed E-state index contributed by atoms with van der Waals surface area (Å²) in [4.78, 5) is 17.1. The fourth-order valence-corrected chi connectivity index (χ4v) is 4.18. The summed E-state index contributed by atoms with van der Waals surface area (Å²) in [6.07, 6.45) is 10.9. The zero-order valence-electron chi connectivity index (χ0n) is 13.4. The van der Waals surface area contributed by atoms with Crippen LogP contribution in [-0.4, -0.2) is 60.5 Å². The first-order chi connectivity index (χ1) is 10.3. The number of hydrogen-bond donors (Lipinski definition) is 1. The number of carbonyl (C=O) groups excluding carboxylic acids is 1. The molecule has 120 valence electrons. The van der Waals surface area contributed by atoms with Gasteiger partial charge in [-0.05, 0) is 58.2 Å². The van der Waals surface area contributed by atoms with Gasteiger partial charge in [0, 0.05) is 31.6 Å². The number of nitrogens with zero attached hydrogens (tertiary/aromatic N) is 2. The van der Waals surface area contributed by atoms with Crippen molar-refractivity contribution in [1.82, 2.24) is 15.1 Å². The lowest BCUT2D eigenvalue weighted by atomic mass is 10.0. The van der Waals surface area contributed by atoms with Gasteiger partial charge in [0.05, 0.1) is 0 Å². The van der Waals surface area contributed by atoms with E-state index in [0.717, 1.165) is 32.5 Å². The molecule has 0 spiro atoms. The number of rotatable bonds is 4. The van der Waals surface area contributed by atoms with E-state index >= 15 is 0 Å². The highest BCUT2D eigenvalue weighted by Crippen LogP contribution is 2.21. The molecule has 1 amide bonds. The standard InChI is InChI=1S/C17H31N3O/c21-17(8-7-15-6-2-3-10-18-15)20-13-9-16(14-20)19-11-4-1-5-12-19/h15-16,18H,1-14H2. The summed E-state index contributed by atoms with van der Waals surface area (Å²) in [6, 6.07) is 1.23. The molecule has 0 aliphatic carbocycles. The third-order valence-electron chi connectivity index (χ3n) is 5.54. The minimum Gasteiger partial charge on any atom is -0.341 e. The van der Waals surface area contributed by atoms with E-state index < -0.39 is 0 Å². The Morgan fingerprint density at radius 2 is 1.86 bits per heavy atom. The highest BCUT2D eigenvalue weighted by Gasteiger charge is 2.30. The van der Waals surface area contributed by atoms with E-state index in [4.69, 9.17) is 0 Å². The van der Waals surface area contributed by atoms with E-state index in [1.54, 1.807) is 0 Å². The lowest BCUT2D eigenvalue weighted by Gasteiger charge is -2.32. The first-order valence-corrected chi connectivity index (χ1v) is 9.08. The lowest BCUT2D eigenvalue weighted by molar-refractivity contribution is -0.130. The van der Waals surface area contributed by atoms with Crippen LogP contribution < -0.4 is 5.32 Å². The zero-order valence-corrected chi connectivity index (χ0v) is 13.4. The highest BCUT2D eigenvalue weighted by molar-refractivity contribution is 5.76. The average molecular weight is 293 g/mol. The lowest BCUT2D eigenvalue weighted by Crippen LogP contribution is -2.42. The van der Waals surface area contributed by atoms with E-state index in [2.05, 4.69) is 15.1 Å². The second-order valence-corrected chi connectivity index (χ2v) is 7.06. The van der Waals surface area contributed by atoms with Gasteiger partial charge in [0.1, 0.15) is 0 Å². The van der Waals surface area contributed by atoms with Crippen LogP contribution in [-0.2, 0) is 4.79 Å². The molecule has 3 aliphatic rings. The molecule has 4 nitrogen and oxygen atoms in total. The number of carbonyl (C=O) groups is 1. The maximum absolute atomic E-state index is 12.4. The molecule has 0 aromatic heterocycles. The Hall–Kier alpha value is -0.610. The van der Waals surface area contributed by atoms with Gasteiger partial charge in [-0.15, -0.1) is 0 Å². The third-order valence-corrected chi connectivity index (χ3v) is 5.54. The maximum atomic E-state index is 12.4. The molecule has 0 saturated carbocycles. The highest BCUT2D eigenvalue weighted by atomic mass is 16.2. The van der Waals surface area contributed by atoms with Gasteiger partial charge >= 0.3 is 0 Å². The molecular formula is C17H31N3O. The van der Waals surface area contributed by atoms with Gasteiger partial charge in [-0.3, -0.25) is 9.69 Å². The fraction of sp³-hybridized carbons (Fsp3) is 0.941. The van der Waals surface area contributed by atoms with Crippen LogP contribution >= 0.6 is 0 Å². The van der Waals surface area contributed by atoms with E-state index in [1.807, 2.05) is 0 Å². The summed E-state index contributed by atoms with van der Waals surface area (Å²) in [5.41, 5.74) is 0. The van der Waals surface area contributed by atoms with Crippen LogP contribution in [0.4, 0.5) is 0 Å². The van der Waals surface area contributed by atoms with E-state index in [0.29, 0.717) is 18.0 Å². The minimum atomic E-state index is 0.391. The van der Waals surface area contributed by atoms with Gasteiger partial charge in [0.25, 0.3) is 0 Å². The molecule has 0 radical (unpaired) electrons. The zero-order chi connectivity index (χ0) is 14.5. The molecule has 0 aromatic rings. The molecule has 0 aromatic carbocycles. The molecule has 3 rings (SSSR count). The molecule has 2 unspecified atom stereocenters. The number of likely N-dealkylation sites (tertiary alicyclic amines) is 2. The van der Waals surface area contributed by atoms with Crippen molar-refractivity contribution in [2.24, 2.45) is 0 Å². The van der Waals surface area contributed by atoms with Crippen molar-refractivity contribution in [2.45, 2.75) is 69.9 Å². The Balaban J connectivity index is 1.39. The van der Waals surface area contributed by atoms with Gasteiger partial charge in [-0.25, -0.2) is 0 Å². The van der Waals surface area contributed by atoms with Crippen LogP contribution in [0.25, 0.3) is 0 Å². The molecule has 3 aliphatic heterocycles. The number of hydrogen-bond acceptors (Lipinski definition) is 3. The summed E-state index contributed by atoms with van der Waals surface area (Å²) < 4.78 is 0. The quantitative estimate of drug-likeness (QED) is 0.861. The summed E-state index contributed by atoms with van der Waals surface area (Å²) in [5, 5.41) is 3.55. The van der Waals surface area contributed by atoms with Crippen LogP contribution in [0.15, 0.2) is 0 Å². The molecular weight excluding hydrogens is 262 g/mol. The molecule has 2 atom stereocenters. The summed E-state index contributed by atoms with van der Waals surface area (Å²) in [6.45, 7) is 5.60. The number of amides is 1. The van der Waals surface area contributed by atoms with Gasteiger partial charge in [-0.1, -0.05) is 12.8 Å². The van der Waals surface area contributed by atoms with Crippen molar-refractivity contribution in [3.63, 3.8) is 0 Å². The molecule has 21 heavy (non-hydrogen) atoms. The molecule has 1 N–H and O–H groups in total. The maximum Gasteiger partial charge on any atom is 0.222 e. The number of piperidine rings is 2. The van der Waals surface area contributed by atoms with Gasteiger partial charge in [-0.2, -0.15) is 0 Å². The third kappa shape index (κ3) is 4.19. The molecule has 4 heteroatoms. The van der Waals surface area contributed by atoms with Crippen molar-refractivity contribution < 1.29 is 4.79 Å². The van der Waals surface area contributed by atoms with Crippen molar-refractivity contribution >= 4 is 5.91 Å². The Bertz CT molecular complexity index is 335. The number of nitrogens with one attached hydrogen (secondary N) is 1. The first kappa shape index (κ1) is 15.3. The smallest absolute Gasteiger partial charge is 0.222 e. The van der Waals surface area contributed by atoms with Crippen LogP contribution in [0.1, 0.15) is 57.8 Å². The largest absolute Gasteiger partial charge is 0.341 e. The first-order valence-electron chi connectivity index (χ1n) is 9.08. The van der Waals surface area contributed by atoms with Crippen molar-refractivity contribution in [3.8, 4) is 0 Å². The Labute approximate surface area is 129 Å². The van der Waals surface area contributed by atoms with Crippen molar-refractivity contribution in [3.05, 3.63) is 0 Å². The van der Waals surface area contributed by atoms with Crippen LogP contribution in [0.5, 0.6) is 0 Å². The van der Waals surface area contributed by atoms with E-state index in [1.165, 1.54) is 58.0 Å². The average Bonchev–Trinajstić information content (AvgIpc) is 3.04. The van der Waals surface area contributed by atoms with E-state index in [9.17, 15) is 4.79 Å². The van der Waals surface area contributed by atoms with Crippen LogP contribution in [0.2, 0.25) is 0 Å². The van der Waals surface area contributed by atoms with Gasteiger partial charge in [0.15, 0.2) is 0 Å². The minimum absolute atomic E-state index is 0.391. The second-order valence-electron chi connectivity index (χ2n) is 7.06. The normalized spacial score (nSPS) is 31.5. The van der Waals surface area contributed by atoms with Crippen LogP contribution in [0, 0.1) is 0 Å². The Kier molecular flexibility index (Phi) is 5.53. The predicted octanol–water partition coefficient (Wildman–Crippen LogP) is 2.00. The summed E-state index contributed by atoms with van der Waals surface area (Å²) in [7, 11) is 0. The van der Waals surface area contributed by atoms with Gasteiger partial charge < -0.3 is 10.2 Å². The molecule has 0 bridgehead atoms. The van der Waals surface area contributed by atoms with Crippen molar-refractivity contribution in [1.29, 1.82) is 0 Å². The molecule has 3 heterocycles. The van der Waals surface area contributed by atoms with Crippen molar-refractivity contribution in [2.75, 3.05) is 32.7 Å². The monoisotopic (exact) mass is 293 g/mol. The predicted molar refractivity (Wildman–Crippen MR) is 85.3 cm³/mol.